The number of hydrogen-bond acceptors (Lipinski definition) is 6. The Bertz CT molecular complexity index is 1220. The molecule has 30 heavy (non-hydrogen) atoms. The van der Waals surface area contributed by atoms with E-state index >= 15 is 0 Å². The predicted molar refractivity (Wildman–Crippen MR) is 106 cm³/mol. The summed E-state index contributed by atoms with van der Waals surface area (Å²) in [7, 11) is 0. The van der Waals surface area contributed by atoms with Gasteiger partial charge in [-0.1, -0.05) is 23.4 Å². The van der Waals surface area contributed by atoms with Crippen LogP contribution in [0.15, 0.2) is 60.9 Å². The molecule has 0 amide bonds. The molecule has 1 N–H and O–H groups in total. The first-order valence-electron chi connectivity index (χ1n) is 9.07. The molecule has 0 saturated carbocycles. The highest BCUT2D eigenvalue weighted by molar-refractivity contribution is 5.95. The zero-order valence-electron chi connectivity index (χ0n) is 15.8. The minimum atomic E-state index is -2.95. The zero-order chi connectivity index (χ0) is 21.1. The van der Waals surface area contributed by atoms with Gasteiger partial charge >= 0.3 is 6.61 Å². The predicted octanol–water partition coefficient (Wildman–Crippen LogP) is 4.46. The van der Waals surface area contributed by atoms with Crippen LogP contribution < -0.4 is 10.1 Å². The summed E-state index contributed by atoms with van der Waals surface area (Å²) in [5.41, 5.74) is 2.79. The first-order valence-corrected chi connectivity index (χ1v) is 9.07. The third-order valence-corrected chi connectivity index (χ3v) is 4.52. The Labute approximate surface area is 170 Å². The van der Waals surface area contributed by atoms with Crippen LogP contribution >= 0.6 is 0 Å². The van der Waals surface area contributed by atoms with E-state index in [9.17, 15) is 14.0 Å². The van der Waals surface area contributed by atoms with E-state index in [1.54, 1.807) is 16.9 Å². The topological polar surface area (TPSA) is 88.6 Å². The molecule has 4 aromatic rings. The number of fused-ring (bicyclic) bond motifs is 1. The average molecular weight is 406 g/mol. The van der Waals surface area contributed by atoms with Gasteiger partial charge in [0.15, 0.2) is 0 Å². The summed E-state index contributed by atoms with van der Waals surface area (Å²) in [5.74, 6) is -0.0138. The van der Waals surface area contributed by atoms with Crippen molar-refractivity contribution in [2.24, 2.45) is 0 Å². The van der Waals surface area contributed by atoms with Gasteiger partial charge < -0.3 is 10.1 Å². The van der Waals surface area contributed by atoms with E-state index in [0.717, 1.165) is 5.69 Å². The molecule has 0 saturated heterocycles. The van der Waals surface area contributed by atoms with Crippen molar-refractivity contribution in [2.45, 2.75) is 19.6 Å². The number of anilines is 1. The van der Waals surface area contributed by atoms with Gasteiger partial charge in [0, 0.05) is 11.6 Å². The second kappa shape index (κ2) is 8.13. The summed E-state index contributed by atoms with van der Waals surface area (Å²) in [5, 5.41) is 21.6. The molecule has 4 rings (SSSR count). The molecule has 0 bridgehead atoms. The first kappa shape index (κ1) is 19.3. The standard InChI is InChI=1S/C21H16F2N6O/c1-13(19-12-29(28-27-19)15-5-3-2-4-6-15)26-20-14(10-24)11-25-18-8-7-16(9-17(18)20)30-21(22)23/h2-9,11-13,21H,1H3,(H,25,26). The number of para-hydroxylation sites is 1. The second-order valence-electron chi connectivity index (χ2n) is 6.51. The monoisotopic (exact) mass is 406 g/mol. The van der Waals surface area contributed by atoms with Gasteiger partial charge in [0.2, 0.25) is 0 Å². The number of nitrogens with one attached hydrogen (secondary N) is 1. The van der Waals surface area contributed by atoms with E-state index in [1.807, 2.05) is 37.3 Å². The molecule has 0 aliphatic rings. The van der Waals surface area contributed by atoms with Crippen molar-refractivity contribution in [3.8, 4) is 17.5 Å². The highest BCUT2D eigenvalue weighted by Gasteiger charge is 2.17. The van der Waals surface area contributed by atoms with Crippen LogP contribution in [0.3, 0.4) is 0 Å². The van der Waals surface area contributed by atoms with Crippen molar-refractivity contribution in [2.75, 3.05) is 5.32 Å². The maximum Gasteiger partial charge on any atom is 0.387 e. The molecule has 0 aliphatic carbocycles. The fraction of sp³-hybridized carbons (Fsp3) is 0.143. The number of pyridine rings is 1. The normalized spacial score (nSPS) is 12.0. The van der Waals surface area contributed by atoms with E-state index in [4.69, 9.17) is 0 Å². The number of nitriles is 1. The van der Waals surface area contributed by atoms with Crippen LogP contribution in [0.2, 0.25) is 0 Å². The van der Waals surface area contributed by atoms with E-state index in [2.05, 4.69) is 31.4 Å². The Morgan fingerprint density at radius 1 is 1.17 bits per heavy atom. The molecular formula is C21H16F2N6O. The summed E-state index contributed by atoms with van der Waals surface area (Å²) in [4.78, 5) is 4.22. The Hall–Kier alpha value is -4.06. The molecule has 2 aromatic carbocycles. The zero-order valence-corrected chi connectivity index (χ0v) is 15.8. The lowest BCUT2D eigenvalue weighted by Crippen LogP contribution is -2.09. The third kappa shape index (κ3) is 3.89. The molecule has 0 aliphatic heterocycles. The van der Waals surface area contributed by atoms with Crippen LogP contribution in [0.5, 0.6) is 5.75 Å². The summed E-state index contributed by atoms with van der Waals surface area (Å²) in [6, 6.07) is 15.7. The number of halogens is 2. The van der Waals surface area contributed by atoms with Crippen LogP contribution in [-0.2, 0) is 0 Å². The van der Waals surface area contributed by atoms with Crippen LogP contribution in [0.1, 0.15) is 24.2 Å². The Morgan fingerprint density at radius 2 is 1.97 bits per heavy atom. The second-order valence-corrected chi connectivity index (χ2v) is 6.51. The van der Waals surface area contributed by atoms with Gasteiger partial charge in [0.25, 0.3) is 0 Å². The third-order valence-electron chi connectivity index (χ3n) is 4.52. The fourth-order valence-electron chi connectivity index (χ4n) is 3.06. The van der Waals surface area contributed by atoms with Gasteiger partial charge in [-0.2, -0.15) is 14.0 Å². The maximum atomic E-state index is 12.6. The Kier molecular flexibility index (Phi) is 5.22. The van der Waals surface area contributed by atoms with Gasteiger partial charge in [-0.25, -0.2) is 4.68 Å². The number of nitrogens with zero attached hydrogens (tertiary/aromatic N) is 5. The van der Waals surface area contributed by atoms with Crippen molar-refractivity contribution in [3.63, 3.8) is 0 Å². The summed E-state index contributed by atoms with van der Waals surface area (Å²) in [6.45, 7) is -1.08. The lowest BCUT2D eigenvalue weighted by Gasteiger charge is -2.16. The lowest BCUT2D eigenvalue weighted by molar-refractivity contribution is -0.0497. The van der Waals surface area contributed by atoms with Gasteiger partial charge in [0.1, 0.15) is 17.5 Å². The Balaban J connectivity index is 1.68. The Morgan fingerprint density at radius 3 is 2.70 bits per heavy atom. The fourth-order valence-corrected chi connectivity index (χ4v) is 3.06. The van der Waals surface area contributed by atoms with Crippen LogP contribution in [0.4, 0.5) is 14.5 Å². The van der Waals surface area contributed by atoms with E-state index in [-0.39, 0.29) is 17.4 Å². The molecule has 0 radical (unpaired) electrons. The van der Waals surface area contributed by atoms with Gasteiger partial charge in [0.05, 0.1) is 34.7 Å². The number of ether oxygens (including phenoxy) is 1. The number of aromatic nitrogens is 4. The smallest absolute Gasteiger partial charge is 0.387 e. The maximum absolute atomic E-state index is 12.6. The van der Waals surface area contributed by atoms with Crippen molar-refractivity contribution >= 4 is 16.6 Å². The van der Waals surface area contributed by atoms with Crippen molar-refractivity contribution in [3.05, 3.63) is 72.2 Å². The molecule has 0 spiro atoms. The van der Waals surface area contributed by atoms with Gasteiger partial charge in [-0.05, 0) is 37.3 Å². The highest BCUT2D eigenvalue weighted by atomic mass is 19.3. The van der Waals surface area contributed by atoms with Crippen LogP contribution in [0, 0.1) is 11.3 Å². The molecule has 150 valence electrons. The van der Waals surface area contributed by atoms with E-state index in [1.165, 1.54) is 18.3 Å². The minimum Gasteiger partial charge on any atom is -0.435 e. The molecule has 2 aromatic heterocycles. The number of benzene rings is 2. The van der Waals surface area contributed by atoms with Crippen molar-refractivity contribution in [1.82, 2.24) is 20.0 Å². The SMILES string of the molecule is CC(Nc1c(C#N)cnc2ccc(OC(F)F)cc12)c1cn(-c2ccccc2)nn1. The molecule has 1 unspecified atom stereocenters. The number of alkyl halides is 2. The van der Waals surface area contributed by atoms with Gasteiger partial charge in [-0.15, -0.1) is 5.10 Å². The average Bonchev–Trinajstić information content (AvgIpc) is 3.25. The first-order chi connectivity index (χ1) is 14.5. The molecular weight excluding hydrogens is 390 g/mol. The lowest BCUT2D eigenvalue weighted by atomic mass is 10.1. The molecule has 2 heterocycles. The molecule has 1 atom stereocenters. The summed E-state index contributed by atoms with van der Waals surface area (Å²) in [6.07, 6.45) is 3.22. The largest absolute Gasteiger partial charge is 0.435 e. The molecule has 0 fully saturated rings. The quantitative estimate of drug-likeness (QED) is 0.509. The van der Waals surface area contributed by atoms with E-state index < -0.39 is 6.61 Å². The number of hydrogen-bond donors (Lipinski definition) is 1. The van der Waals surface area contributed by atoms with Crippen molar-refractivity contribution in [1.29, 1.82) is 5.26 Å². The van der Waals surface area contributed by atoms with Crippen LogP contribution in [0.25, 0.3) is 16.6 Å². The van der Waals surface area contributed by atoms with Gasteiger partial charge in [-0.3, -0.25) is 4.98 Å². The minimum absolute atomic E-state index is 0.0138. The highest BCUT2D eigenvalue weighted by Crippen LogP contribution is 2.32. The molecule has 9 heteroatoms. The molecule has 7 nitrogen and oxygen atoms in total. The summed E-state index contributed by atoms with van der Waals surface area (Å²) < 4.78 is 31.4. The number of rotatable bonds is 6. The van der Waals surface area contributed by atoms with Crippen LogP contribution in [-0.4, -0.2) is 26.6 Å². The summed E-state index contributed by atoms with van der Waals surface area (Å²) >= 11 is 0. The van der Waals surface area contributed by atoms with Crippen molar-refractivity contribution < 1.29 is 13.5 Å². The van der Waals surface area contributed by atoms with E-state index in [0.29, 0.717) is 22.3 Å².